The first kappa shape index (κ1) is 15.0. The Bertz CT molecular complexity index is 497. The SMILES string of the molecule is CN(C)/C=C(\Oc1ccccc1)C(Cl)=C(C=O)C=O. The standard InChI is InChI=1S/C14H14ClNO3/c1-16(2)8-13(14(15)11(9-17)10-18)19-12-6-4-3-5-7-12/h3-10H,1-2H3/b13-8-. The maximum absolute atomic E-state index is 10.8. The van der Waals surface area contributed by atoms with Crippen LogP contribution in [0.15, 0.2) is 52.9 Å². The average molecular weight is 280 g/mol. The van der Waals surface area contributed by atoms with Gasteiger partial charge in [0, 0.05) is 20.3 Å². The number of benzene rings is 1. The molecule has 0 aliphatic carbocycles. The molecule has 0 heterocycles. The van der Waals surface area contributed by atoms with Gasteiger partial charge in [-0.3, -0.25) is 9.59 Å². The van der Waals surface area contributed by atoms with E-state index < -0.39 is 0 Å². The largest absolute Gasteiger partial charge is 0.454 e. The Morgan fingerprint density at radius 3 is 2.21 bits per heavy atom. The van der Waals surface area contributed by atoms with E-state index in [1.807, 2.05) is 6.07 Å². The van der Waals surface area contributed by atoms with E-state index in [2.05, 4.69) is 0 Å². The van der Waals surface area contributed by atoms with Gasteiger partial charge in [-0.15, -0.1) is 0 Å². The summed E-state index contributed by atoms with van der Waals surface area (Å²) in [6.07, 6.45) is 2.38. The van der Waals surface area contributed by atoms with Crippen LogP contribution in [0.4, 0.5) is 0 Å². The van der Waals surface area contributed by atoms with Crippen molar-refractivity contribution >= 4 is 24.2 Å². The molecule has 0 atom stereocenters. The second-order valence-corrected chi connectivity index (χ2v) is 4.26. The first-order valence-corrected chi connectivity index (χ1v) is 5.88. The van der Waals surface area contributed by atoms with Crippen LogP contribution in [0.25, 0.3) is 0 Å². The Labute approximate surface area is 116 Å². The second-order valence-electron chi connectivity index (χ2n) is 3.88. The van der Waals surface area contributed by atoms with Gasteiger partial charge >= 0.3 is 0 Å². The molecule has 0 spiro atoms. The van der Waals surface area contributed by atoms with Gasteiger partial charge in [-0.25, -0.2) is 0 Å². The van der Waals surface area contributed by atoms with Crippen molar-refractivity contribution in [2.75, 3.05) is 14.1 Å². The van der Waals surface area contributed by atoms with E-state index in [1.165, 1.54) is 0 Å². The van der Waals surface area contributed by atoms with E-state index in [-0.39, 0.29) is 16.4 Å². The summed E-state index contributed by atoms with van der Waals surface area (Å²) in [7, 11) is 3.56. The van der Waals surface area contributed by atoms with Crippen molar-refractivity contribution in [3.05, 3.63) is 52.9 Å². The zero-order valence-electron chi connectivity index (χ0n) is 10.7. The van der Waals surface area contributed by atoms with E-state index in [4.69, 9.17) is 16.3 Å². The number of hydrogen-bond acceptors (Lipinski definition) is 4. The maximum Gasteiger partial charge on any atom is 0.162 e. The number of carbonyl (C=O) groups excluding carboxylic acids is 2. The molecule has 0 aromatic heterocycles. The Morgan fingerprint density at radius 2 is 1.74 bits per heavy atom. The normalized spacial score (nSPS) is 10.6. The minimum absolute atomic E-state index is 0.0254. The zero-order chi connectivity index (χ0) is 14.3. The van der Waals surface area contributed by atoms with Gasteiger partial charge in [0.2, 0.25) is 0 Å². The predicted molar refractivity (Wildman–Crippen MR) is 73.8 cm³/mol. The molecule has 0 amide bonds. The highest BCUT2D eigenvalue weighted by Crippen LogP contribution is 2.22. The van der Waals surface area contributed by atoms with E-state index in [1.54, 1.807) is 49.5 Å². The van der Waals surface area contributed by atoms with Gasteiger partial charge in [-0.1, -0.05) is 29.8 Å². The number of nitrogens with zero attached hydrogens (tertiary/aromatic N) is 1. The average Bonchev–Trinajstić information content (AvgIpc) is 2.40. The molecule has 0 aliphatic heterocycles. The summed E-state index contributed by atoms with van der Waals surface area (Å²) in [6.45, 7) is 0. The van der Waals surface area contributed by atoms with E-state index in [0.717, 1.165) is 0 Å². The Hall–Kier alpha value is -2.07. The lowest BCUT2D eigenvalue weighted by atomic mass is 10.2. The van der Waals surface area contributed by atoms with Crippen molar-refractivity contribution in [1.29, 1.82) is 0 Å². The number of halogens is 1. The molecular formula is C14H14ClNO3. The van der Waals surface area contributed by atoms with Crippen LogP contribution < -0.4 is 4.74 Å². The van der Waals surface area contributed by atoms with E-state index >= 15 is 0 Å². The molecule has 0 N–H and O–H groups in total. The predicted octanol–water partition coefficient (Wildman–Crippen LogP) is 2.36. The molecule has 0 aliphatic rings. The number of para-hydroxylation sites is 1. The van der Waals surface area contributed by atoms with Crippen molar-refractivity contribution in [3.8, 4) is 5.75 Å². The monoisotopic (exact) mass is 279 g/mol. The number of ether oxygens (including phenoxy) is 1. The summed E-state index contributed by atoms with van der Waals surface area (Å²) < 4.78 is 5.58. The first-order chi connectivity index (χ1) is 9.08. The van der Waals surface area contributed by atoms with Crippen molar-refractivity contribution in [2.45, 2.75) is 0 Å². The van der Waals surface area contributed by atoms with Crippen LogP contribution in [0.2, 0.25) is 0 Å². The lowest BCUT2D eigenvalue weighted by molar-refractivity contribution is -0.109. The number of rotatable bonds is 6. The van der Waals surface area contributed by atoms with Crippen LogP contribution in [-0.4, -0.2) is 31.6 Å². The topological polar surface area (TPSA) is 46.6 Å². The van der Waals surface area contributed by atoms with Crippen molar-refractivity contribution in [1.82, 2.24) is 4.90 Å². The second kappa shape index (κ2) is 7.38. The molecule has 0 bridgehead atoms. The highest BCUT2D eigenvalue weighted by atomic mass is 35.5. The van der Waals surface area contributed by atoms with Gasteiger partial charge in [0.15, 0.2) is 18.3 Å². The van der Waals surface area contributed by atoms with Gasteiger partial charge in [-0.05, 0) is 12.1 Å². The summed E-state index contributed by atoms with van der Waals surface area (Å²) in [4.78, 5) is 23.2. The van der Waals surface area contributed by atoms with Gasteiger partial charge in [0.1, 0.15) is 5.75 Å². The third kappa shape index (κ3) is 4.60. The van der Waals surface area contributed by atoms with Crippen molar-refractivity contribution < 1.29 is 14.3 Å². The highest BCUT2D eigenvalue weighted by molar-refractivity contribution is 6.35. The van der Waals surface area contributed by atoms with Crippen LogP contribution in [0.1, 0.15) is 0 Å². The number of carbonyl (C=O) groups is 2. The summed E-state index contributed by atoms with van der Waals surface area (Å²) in [5, 5.41) is -0.0254. The molecule has 4 nitrogen and oxygen atoms in total. The molecule has 19 heavy (non-hydrogen) atoms. The zero-order valence-corrected chi connectivity index (χ0v) is 11.4. The lowest BCUT2D eigenvalue weighted by Crippen LogP contribution is -2.08. The molecule has 0 radical (unpaired) electrons. The summed E-state index contributed by atoms with van der Waals surface area (Å²) in [5.74, 6) is 0.789. The van der Waals surface area contributed by atoms with Crippen molar-refractivity contribution in [3.63, 3.8) is 0 Å². The smallest absolute Gasteiger partial charge is 0.162 e. The quantitative estimate of drug-likeness (QED) is 0.200. The minimum Gasteiger partial charge on any atom is -0.454 e. The highest BCUT2D eigenvalue weighted by Gasteiger charge is 2.12. The van der Waals surface area contributed by atoms with Gasteiger partial charge in [0.25, 0.3) is 0 Å². The molecular weight excluding hydrogens is 266 g/mol. The number of aldehydes is 2. The fourth-order valence-electron chi connectivity index (χ4n) is 1.25. The van der Waals surface area contributed by atoms with Crippen LogP contribution in [0, 0.1) is 0 Å². The van der Waals surface area contributed by atoms with Gasteiger partial charge < -0.3 is 9.64 Å². The fourth-order valence-corrected chi connectivity index (χ4v) is 1.43. The first-order valence-electron chi connectivity index (χ1n) is 5.50. The number of hydrogen-bond donors (Lipinski definition) is 0. The van der Waals surface area contributed by atoms with Gasteiger partial charge in [0.05, 0.1) is 10.6 Å². The summed E-state index contributed by atoms with van der Waals surface area (Å²) >= 11 is 6.00. The van der Waals surface area contributed by atoms with Gasteiger partial charge in [-0.2, -0.15) is 0 Å². The van der Waals surface area contributed by atoms with E-state index in [0.29, 0.717) is 18.3 Å². The fraction of sp³-hybridized carbons (Fsp3) is 0.143. The summed E-state index contributed by atoms with van der Waals surface area (Å²) in [5.41, 5.74) is -0.161. The van der Waals surface area contributed by atoms with Crippen LogP contribution in [-0.2, 0) is 9.59 Å². The molecule has 1 aromatic carbocycles. The molecule has 1 rings (SSSR count). The van der Waals surface area contributed by atoms with Crippen LogP contribution in [0.5, 0.6) is 5.75 Å². The number of allylic oxidation sites excluding steroid dienone is 2. The van der Waals surface area contributed by atoms with E-state index in [9.17, 15) is 9.59 Å². The molecule has 5 heteroatoms. The molecule has 0 saturated heterocycles. The van der Waals surface area contributed by atoms with Crippen LogP contribution in [0.3, 0.4) is 0 Å². The lowest BCUT2D eigenvalue weighted by Gasteiger charge is -2.13. The van der Waals surface area contributed by atoms with Crippen molar-refractivity contribution in [2.24, 2.45) is 0 Å². The Balaban J connectivity index is 3.13. The molecule has 0 unspecified atom stereocenters. The summed E-state index contributed by atoms with van der Waals surface area (Å²) in [6, 6.07) is 8.95. The minimum atomic E-state index is -0.161. The molecule has 0 fully saturated rings. The third-order valence-corrected chi connectivity index (χ3v) is 2.47. The van der Waals surface area contributed by atoms with Crippen LogP contribution >= 0.6 is 11.6 Å². The third-order valence-electron chi connectivity index (χ3n) is 2.07. The molecule has 1 aromatic rings. The Morgan fingerprint density at radius 1 is 1.16 bits per heavy atom. The molecule has 100 valence electrons. The molecule has 0 saturated carbocycles. The maximum atomic E-state index is 10.8. The Kier molecular flexibility index (Phi) is 5.82.